The molecule has 226 valence electrons. The molecule has 12 nitrogen and oxygen atoms in total. The summed E-state index contributed by atoms with van der Waals surface area (Å²) >= 11 is 0.588. The molecule has 2 aromatic heterocycles. The van der Waals surface area contributed by atoms with Crippen LogP contribution >= 0.6 is 11.8 Å². The van der Waals surface area contributed by atoms with Crippen LogP contribution in [0.1, 0.15) is 53.0 Å². The Morgan fingerprint density at radius 2 is 1.95 bits per heavy atom. The monoisotopic (exact) mass is 612 g/mol. The maximum absolute atomic E-state index is 14.1. The van der Waals surface area contributed by atoms with Crippen LogP contribution in [-0.4, -0.2) is 66.3 Å². The number of halogens is 2. The molecule has 1 spiro atoms. The zero-order chi connectivity index (χ0) is 31.1. The van der Waals surface area contributed by atoms with Gasteiger partial charge in [-0.3, -0.25) is 34.9 Å². The summed E-state index contributed by atoms with van der Waals surface area (Å²) in [6.45, 7) is 0.321. The van der Waals surface area contributed by atoms with E-state index < -0.39 is 34.4 Å². The number of hydrogen-bond donors (Lipinski definition) is 5. The van der Waals surface area contributed by atoms with Gasteiger partial charge in [-0.25, -0.2) is 13.8 Å². The molecule has 1 aliphatic heterocycles. The van der Waals surface area contributed by atoms with Crippen LogP contribution in [0.15, 0.2) is 41.7 Å². The van der Waals surface area contributed by atoms with Crippen LogP contribution in [0.25, 0.3) is 0 Å². The quantitative estimate of drug-likeness (QED) is 0.210. The van der Waals surface area contributed by atoms with Crippen LogP contribution < -0.4 is 15.8 Å². The highest BCUT2D eigenvalue weighted by Gasteiger charge is 2.50. The molecule has 2 aliphatic rings. The van der Waals surface area contributed by atoms with Gasteiger partial charge in [-0.15, -0.1) is 0 Å². The number of carbonyl (C=O) groups excluding carboxylic acids is 2. The zero-order valence-corrected chi connectivity index (χ0v) is 24.2. The van der Waals surface area contributed by atoms with Gasteiger partial charge in [0.25, 0.3) is 5.91 Å². The number of thioether (sulfide) groups is 1. The number of rotatable bonds is 6. The lowest BCUT2D eigenvalue weighted by atomic mass is 9.79. The molecule has 1 fully saturated rings. The number of nitrogens with zero attached hydrogens (tertiary/aromatic N) is 4. The maximum atomic E-state index is 14.1. The van der Waals surface area contributed by atoms with Crippen molar-refractivity contribution in [1.29, 1.82) is 10.8 Å². The smallest absolute Gasteiger partial charge is 0.278 e. The summed E-state index contributed by atoms with van der Waals surface area (Å²) in [6.07, 6.45) is 6.03. The van der Waals surface area contributed by atoms with Crippen molar-refractivity contribution in [2.45, 2.75) is 44.3 Å². The molecule has 1 saturated carbocycles. The molecule has 43 heavy (non-hydrogen) atoms. The zero-order valence-electron chi connectivity index (χ0n) is 23.4. The van der Waals surface area contributed by atoms with Gasteiger partial charge in [0.2, 0.25) is 11.3 Å². The van der Waals surface area contributed by atoms with Gasteiger partial charge in [-0.05, 0) is 37.3 Å². The van der Waals surface area contributed by atoms with Crippen molar-refractivity contribution in [1.82, 2.24) is 24.9 Å². The molecule has 2 amide bonds. The normalized spacial score (nSPS) is 19.8. The summed E-state index contributed by atoms with van der Waals surface area (Å²) in [5.74, 6) is -3.37. The molecule has 3 heterocycles. The van der Waals surface area contributed by atoms with Gasteiger partial charge in [-0.2, -0.15) is 0 Å². The van der Waals surface area contributed by atoms with Crippen molar-refractivity contribution in [2.75, 3.05) is 19.1 Å². The summed E-state index contributed by atoms with van der Waals surface area (Å²) in [5, 5.41) is 31.6. The Morgan fingerprint density at radius 3 is 2.60 bits per heavy atom. The number of imidazole rings is 1. The average Bonchev–Trinajstić information content (AvgIpc) is 3.50. The Morgan fingerprint density at radius 1 is 1.23 bits per heavy atom. The molecule has 0 atom stereocenters. The minimum Gasteiger partial charge on any atom is -0.502 e. The minimum atomic E-state index is -0.951. The van der Waals surface area contributed by atoms with Crippen LogP contribution in [0.2, 0.25) is 0 Å². The maximum Gasteiger partial charge on any atom is 0.278 e. The number of aromatic hydroxyl groups is 1. The first kappa shape index (κ1) is 29.9. The molecule has 0 saturated heterocycles. The summed E-state index contributed by atoms with van der Waals surface area (Å²) in [5.41, 5.74) is -1.50. The highest BCUT2D eigenvalue weighted by Crippen LogP contribution is 2.41. The Bertz CT molecular complexity index is 1670. The third-order valence-corrected chi connectivity index (χ3v) is 9.04. The van der Waals surface area contributed by atoms with E-state index in [-0.39, 0.29) is 45.2 Å². The molecular formula is C28H30F2N8O4S. The van der Waals surface area contributed by atoms with Gasteiger partial charge in [0.1, 0.15) is 22.3 Å². The average molecular weight is 613 g/mol. The van der Waals surface area contributed by atoms with Crippen LogP contribution in [0, 0.1) is 28.4 Å². The van der Waals surface area contributed by atoms with Crippen molar-refractivity contribution in [3.8, 4) is 5.75 Å². The predicted octanol–water partition coefficient (Wildman–Crippen LogP) is 2.69. The predicted molar refractivity (Wildman–Crippen MR) is 156 cm³/mol. The van der Waals surface area contributed by atoms with E-state index >= 15 is 0 Å². The van der Waals surface area contributed by atoms with E-state index in [1.54, 1.807) is 25.3 Å². The first-order valence-corrected chi connectivity index (χ1v) is 14.3. The van der Waals surface area contributed by atoms with E-state index in [2.05, 4.69) is 15.3 Å². The Hall–Kier alpha value is -4.53. The number of fused-ring (bicyclic) bond motifs is 1. The summed E-state index contributed by atoms with van der Waals surface area (Å²) < 4.78 is 28.7. The second-order valence-corrected chi connectivity index (χ2v) is 11.7. The van der Waals surface area contributed by atoms with E-state index in [4.69, 9.17) is 10.8 Å². The van der Waals surface area contributed by atoms with Crippen molar-refractivity contribution < 1.29 is 23.5 Å². The van der Waals surface area contributed by atoms with E-state index in [0.29, 0.717) is 50.1 Å². The summed E-state index contributed by atoms with van der Waals surface area (Å²) in [6, 6.07) is 2.97. The SMILES string of the molecule is CN1C(=O)c2c(O)c(=O)c(C(=N)SC(=N)Cc3ccc(F)cc3F)cn2N(C)C12CCC(C(=O)NCc1cnc[nH]1)CC2. The summed E-state index contributed by atoms with van der Waals surface area (Å²) in [7, 11) is 3.29. The van der Waals surface area contributed by atoms with Crippen LogP contribution in [0.3, 0.4) is 0 Å². The van der Waals surface area contributed by atoms with Gasteiger partial charge >= 0.3 is 0 Å². The first-order valence-electron chi connectivity index (χ1n) is 13.5. The van der Waals surface area contributed by atoms with Gasteiger partial charge in [0, 0.05) is 44.9 Å². The van der Waals surface area contributed by atoms with Gasteiger partial charge < -0.3 is 20.3 Å². The van der Waals surface area contributed by atoms with Crippen molar-refractivity contribution >= 4 is 33.7 Å². The van der Waals surface area contributed by atoms with Crippen LogP contribution in [0.4, 0.5) is 8.78 Å². The molecule has 1 aliphatic carbocycles. The van der Waals surface area contributed by atoms with Crippen LogP contribution in [0.5, 0.6) is 5.75 Å². The molecule has 5 N–H and O–H groups in total. The topological polar surface area (TPSA) is 171 Å². The molecule has 0 radical (unpaired) electrons. The number of pyridine rings is 1. The molecule has 0 unspecified atom stereocenters. The van der Waals surface area contributed by atoms with Gasteiger partial charge in [0.15, 0.2) is 11.4 Å². The van der Waals surface area contributed by atoms with Crippen molar-refractivity contribution in [3.63, 3.8) is 0 Å². The Kier molecular flexibility index (Phi) is 8.10. The van der Waals surface area contributed by atoms with Gasteiger partial charge in [0.05, 0.1) is 29.2 Å². The number of hydrogen-bond acceptors (Lipinski definition) is 9. The number of amides is 2. The summed E-state index contributed by atoms with van der Waals surface area (Å²) in [4.78, 5) is 47.8. The fourth-order valence-corrected chi connectivity index (χ4v) is 6.44. The number of aromatic nitrogens is 3. The lowest BCUT2D eigenvalue weighted by Gasteiger charge is -2.55. The number of aromatic amines is 1. The highest BCUT2D eigenvalue weighted by molar-refractivity contribution is 8.26. The van der Waals surface area contributed by atoms with E-state index in [1.165, 1.54) is 28.2 Å². The number of benzene rings is 1. The lowest BCUT2D eigenvalue weighted by molar-refractivity contribution is -0.127. The Balaban J connectivity index is 1.35. The highest BCUT2D eigenvalue weighted by atomic mass is 32.2. The first-order chi connectivity index (χ1) is 20.4. The van der Waals surface area contributed by atoms with Gasteiger partial charge in [-0.1, -0.05) is 17.8 Å². The molecule has 15 heteroatoms. The minimum absolute atomic E-state index is 0.0533. The fourth-order valence-electron chi connectivity index (χ4n) is 5.71. The third-order valence-electron chi connectivity index (χ3n) is 8.22. The van der Waals surface area contributed by atoms with Crippen molar-refractivity contribution in [3.05, 3.63) is 81.3 Å². The molecule has 0 bridgehead atoms. The molecular weight excluding hydrogens is 582 g/mol. The number of carbonyl (C=O) groups is 2. The standard InChI is InChI=1S/C28H30F2N8O4S/c1-36-27(42)22-24(40)23(39)19(25(32)43-21(31)9-16-3-4-17(29)10-20(16)30)13-38(22)37(2)28(36)7-5-15(6-8-28)26(41)34-12-18-11-33-14-35-18/h3-4,10-11,13-15,31-32,40H,5-9,12H2,1-2H3,(H,33,35)(H,34,41). The second-order valence-electron chi connectivity index (χ2n) is 10.6. The van der Waals surface area contributed by atoms with E-state index in [9.17, 15) is 28.3 Å². The second kappa shape index (κ2) is 11.6. The number of H-pyrrole nitrogens is 1. The number of nitrogens with one attached hydrogen (secondary N) is 4. The van der Waals surface area contributed by atoms with E-state index in [1.807, 2.05) is 0 Å². The molecule has 5 rings (SSSR count). The lowest BCUT2D eigenvalue weighted by Crippen LogP contribution is -2.69. The van der Waals surface area contributed by atoms with Crippen molar-refractivity contribution in [2.24, 2.45) is 5.92 Å². The fraction of sp³-hybridized carbons (Fsp3) is 0.357. The third kappa shape index (κ3) is 5.51. The molecule has 3 aromatic rings. The largest absolute Gasteiger partial charge is 0.502 e. The molecule has 1 aromatic carbocycles. The van der Waals surface area contributed by atoms with E-state index in [0.717, 1.165) is 11.8 Å². The van der Waals surface area contributed by atoms with Crippen LogP contribution in [-0.2, 0) is 17.8 Å². The Labute approximate surface area is 249 Å².